The van der Waals surface area contributed by atoms with Gasteiger partial charge < -0.3 is 5.32 Å². The van der Waals surface area contributed by atoms with E-state index < -0.39 is 17.8 Å². The number of nitrogens with zero attached hydrogens (tertiary/aromatic N) is 3. The summed E-state index contributed by atoms with van der Waals surface area (Å²) in [4.78, 5) is 16.9. The van der Waals surface area contributed by atoms with Crippen molar-refractivity contribution in [1.29, 1.82) is 0 Å². The van der Waals surface area contributed by atoms with Gasteiger partial charge in [-0.1, -0.05) is 6.07 Å². The van der Waals surface area contributed by atoms with E-state index in [1.807, 2.05) is 19.1 Å². The molecule has 1 N–H and O–H groups in total. The molecule has 4 rings (SSSR count). The van der Waals surface area contributed by atoms with E-state index in [1.165, 1.54) is 0 Å². The van der Waals surface area contributed by atoms with Crippen LogP contribution >= 0.6 is 11.3 Å². The zero-order chi connectivity index (χ0) is 20.8. The summed E-state index contributed by atoms with van der Waals surface area (Å²) in [7, 11) is 1.15. The molecule has 0 aliphatic heterocycles. The monoisotopic (exact) mass is 416 g/mol. The van der Waals surface area contributed by atoms with E-state index in [-0.39, 0.29) is 5.69 Å². The Balaban J connectivity index is 1.52. The molecule has 0 aliphatic carbocycles. The lowest BCUT2D eigenvalue weighted by atomic mass is 10.2. The first-order valence-corrected chi connectivity index (χ1v) is 9.42. The summed E-state index contributed by atoms with van der Waals surface area (Å²) in [6.45, 7) is 2.02. The van der Waals surface area contributed by atoms with Gasteiger partial charge in [0.1, 0.15) is 10.7 Å². The number of carbonyl (C=O) groups is 1. The third-order valence-electron chi connectivity index (χ3n) is 4.34. The van der Waals surface area contributed by atoms with Crippen LogP contribution in [-0.2, 0) is 13.2 Å². The lowest BCUT2D eigenvalue weighted by Gasteiger charge is -2.04. The van der Waals surface area contributed by atoms with Gasteiger partial charge in [0.2, 0.25) is 0 Å². The van der Waals surface area contributed by atoms with Crippen molar-refractivity contribution in [3.63, 3.8) is 0 Å². The number of anilines is 1. The Labute approximate surface area is 167 Å². The minimum atomic E-state index is -4.57. The Morgan fingerprint density at radius 2 is 1.83 bits per heavy atom. The summed E-state index contributed by atoms with van der Waals surface area (Å²) in [6, 6.07) is 13.8. The number of nitrogens with one attached hydrogen (secondary N) is 1. The number of rotatable bonds is 3. The highest BCUT2D eigenvalue weighted by molar-refractivity contribution is 7.21. The second-order valence-electron chi connectivity index (χ2n) is 6.56. The lowest BCUT2D eigenvalue weighted by molar-refractivity contribution is -0.143. The molecule has 0 saturated carbocycles. The molecule has 29 heavy (non-hydrogen) atoms. The molecular formula is C20H15F3N4OS. The van der Waals surface area contributed by atoms with Crippen LogP contribution in [0.1, 0.15) is 21.7 Å². The van der Waals surface area contributed by atoms with Crippen LogP contribution in [0.5, 0.6) is 0 Å². The van der Waals surface area contributed by atoms with Gasteiger partial charge in [0, 0.05) is 24.4 Å². The average Bonchev–Trinajstić information content (AvgIpc) is 3.25. The first kappa shape index (κ1) is 19.1. The second kappa shape index (κ2) is 7.00. The summed E-state index contributed by atoms with van der Waals surface area (Å²) >= 11 is 1.57. The van der Waals surface area contributed by atoms with Crippen molar-refractivity contribution in [3.05, 3.63) is 65.5 Å². The Bertz CT molecular complexity index is 1210. The molecule has 0 saturated heterocycles. The van der Waals surface area contributed by atoms with Crippen molar-refractivity contribution in [3.8, 4) is 10.6 Å². The average molecular weight is 416 g/mol. The van der Waals surface area contributed by atoms with E-state index >= 15 is 0 Å². The fraction of sp³-hybridized carbons (Fsp3) is 0.150. The molecule has 5 nitrogen and oxygen atoms in total. The number of hydrogen-bond donors (Lipinski definition) is 1. The Morgan fingerprint density at radius 3 is 2.48 bits per heavy atom. The van der Waals surface area contributed by atoms with Crippen molar-refractivity contribution in [2.45, 2.75) is 13.1 Å². The molecule has 0 bridgehead atoms. The number of aryl methyl sites for hydroxylation is 2. The maximum absolute atomic E-state index is 12.9. The molecule has 0 atom stereocenters. The summed E-state index contributed by atoms with van der Waals surface area (Å²) < 4.78 is 40.3. The number of fused-ring (bicyclic) bond motifs is 1. The van der Waals surface area contributed by atoms with Crippen LogP contribution in [0.3, 0.4) is 0 Å². The van der Waals surface area contributed by atoms with Crippen LogP contribution in [0.25, 0.3) is 20.8 Å². The molecule has 2 heterocycles. The molecule has 0 aliphatic rings. The minimum absolute atomic E-state index is 0.301. The number of thiazole rings is 1. The number of amides is 1. The van der Waals surface area contributed by atoms with Gasteiger partial charge in [-0.2, -0.15) is 18.3 Å². The van der Waals surface area contributed by atoms with E-state index in [2.05, 4.69) is 21.5 Å². The van der Waals surface area contributed by atoms with Crippen LogP contribution in [0.2, 0.25) is 0 Å². The minimum Gasteiger partial charge on any atom is -0.321 e. The smallest absolute Gasteiger partial charge is 0.321 e. The number of carbonyl (C=O) groups excluding carboxylic acids is 1. The maximum atomic E-state index is 12.9. The number of alkyl halides is 3. The molecule has 0 unspecified atom stereocenters. The Morgan fingerprint density at radius 1 is 1.10 bits per heavy atom. The number of benzene rings is 2. The number of hydrogen-bond acceptors (Lipinski definition) is 4. The molecule has 0 fully saturated rings. The van der Waals surface area contributed by atoms with Crippen LogP contribution in [0, 0.1) is 6.92 Å². The summed E-state index contributed by atoms with van der Waals surface area (Å²) in [6.07, 6.45) is -4.57. The zero-order valence-corrected chi connectivity index (χ0v) is 16.2. The Hall–Kier alpha value is -3.20. The van der Waals surface area contributed by atoms with Gasteiger partial charge in [0.05, 0.1) is 10.2 Å². The molecule has 4 aromatic rings. The van der Waals surface area contributed by atoms with E-state index in [0.717, 1.165) is 39.5 Å². The summed E-state index contributed by atoms with van der Waals surface area (Å²) in [5.74, 6) is -0.709. The highest BCUT2D eigenvalue weighted by Gasteiger charge is 2.35. The van der Waals surface area contributed by atoms with Crippen molar-refractivity contribution >= 4 is 33.1 Å². The fourth-order valence-electron chi connectivity index (χ4n) is 2.89. The molecule has 0 spiro atoms. The van der Waals surface area contributed by atoms with E-state index in [0.29, 0.717) is 10.4 Å². The van der Waals surface area contributed by atoms with E-state index in [9.17, 15) is 18.0 Å². The van der Waals surface area contributed by atoms with Gasteiger partial charge in [0.25, 0.3) is 5.91 Å². The molecule has 0 radical (unpaired) electrons. The quantitative estimate of drug-likeness (QED) is 0.495. The first-order chi connectivity index (χ1) is 13.7. The Kier molecular flexibility index (Phi) is 4.62. The van der Waals surface area contributed by atoms with Crippen molar-refractivity contribution in [2.24, 2.45) is 7.05 Å². The van der Waals surface area contributed by atoms with Crippen molar-refractivity contribution < 1.29 is 18.0 Å². The van der Waals surface area contributed by atoms with Gasteiger partial charge >= 0.3 is 6.18 Å². The third-order valence-corrected chi connectivity index (χ3v) is 5.40. The SMILES string of the molecule is Cc1ccc2nc(-c3ccc(NC(=O)c4cc(C(F)(F)F)n(C)n4)cc3)sc2c1. The fourth-order valence-corrected chi connectivity index (χ4v) is 3.96. The topological polar surface area (TPSA) is 59.8 Å². The standard InChI is InChI=1S/C20H15F3N4OS/c1-11-3-8-14-16(9-11)29-19(25-14)12-4-6-13(7-5-12)24-18(28)15-10-17(20(21,22)23)27(2)26-15/h3-10H,1-2H3,(H,24,28). The zero-order valence-electron chi connectivity index (χ0n) is 15.4. The van der Waals surface area contributed by atoms with Gasteiger partial charge in [-0.15, -0.1) is 11.3 Å². The van der Waals surface area contributed by atoms with Crippen molar-refractivity contribution in [2.75, 3.05) is 5.32 Å². The van der Waals surface area contributed by atoms with Gasteiger partial charge in [-0.3, -0.25) is 9.48 Å². The summed E-state index contributed by atoms with van der Waals surface area (Å²) in [5, 5.41) is 7.06. The van der Waals surface area contributed by atoms with E-state index in [1.54, 1.807) is 35.6 Å². The van der Waals surface area contributed by atoms with Gasteiger partial charge in [-0.05, 0) is 48.9 Å². The lowest BCUT2D eigenvalue weighted by Crippen LogP contribution is -2.13. The number of halogens is 3. The maximum Gasteiger partial charge on any atom is 0.433 e. The predicted molar refractivity (Wildman–Crippen MR) is 106 cm³/mol. The molecule has 148 valence electrons. The normalized spacial score (nSPS) is 11.8. The van der Waals surface area contributed by atoms with Crippen LogP contribution in [0.4, 0.5) is 18.9 Å². The third kappa shape index (κ3) is 3.86. The van der Waals surface area contributed by atoms with Crippen LogP contribution < -0.4 is 5.32 Å². The molecular weight excluding hydrogens is 401 g/mol. The van der Waals surface area contributed by atoms with Crippen LogP contribution in [-0.4, -0.2) is 20.7 Å². The van der Waals surface area contributed by atoms with E-state index in [4.69, 9.17) is 0 Å². The first-order valence-electron chi connectivity index (χ1n) is 8.61. The van der Waals surface area contributed by atoms with Crippen LogP contribution in [0.15, 0.2) is 48.5 Å². The highest BCUT2D eigenvalue weighted by atomic mass is 32.1. The van der Waals surface area contributed by atoms with Gasteiger partial charge in [0.15, 0.2) is 5.69 Å². The number of aromatic nitrogens is 3. The molecule has 2 aromatic carbocycles. The highest BCUT2D eigenvalue weighted by Crippen LogP contribution is 2.32. The molecule has 9 heteroatoms. The van der Waals surface area contributed by atoms with Gasteiger partial charge in [-0.25, -0.2) is 4.98 Å². The van der Waals surface area contributed by atoms with Crippen molar-refractivity contribution in [1.82, 2.24) is 14.8 Å². The predicted octanol–water partition coefficient (Wildman–Crippen LogP) is 5.28. The second-order valence-corrected chi connectivity index (χ2v) is 7.59. The largest absolute Gasteiger partial charge is 0.433 e. The molecule has 2 aromatic heterocycles. The summed E-state index contributed by atoms with van der Waals surface area (Å²) in [5.41, 5.74) is 2.14. The molecule has 1 amide bonds.